The van der Waals surface area contributed by atoms with Crippen molar-refractivity contribution in [2.45, 2.75) is 25.8 Å². The van der Waals surface area contributed by atoms with Gasteiger partial charge in [-0.1, -0.05) is 11.6 Å². The van der Waals surface area contributed by atoms with Gasteiger partial charge in [0.05, 0.1) is 17.0 Å². The van der Waals surface area contributed by atoms with Gasteiger partial charge in [0.1, 0.15) is 23.5 Å². The molecule has 0 aliphatic carbocycles. The number of fused-ring (bicyclic) bond motifs is 2. The van der Waals surface area contributed by atoms with Gasteiger partial charge in [-0.2, -0.15) is 0 Å². The summed E-state index contributed by atoms with van der Waals surface area (Å²) in [5.74, 6) is 1.44. The number of carbonyl (C=O) groups excluding carboxylic acids is 1. The quantitative estimate of drug-likeness (QED) is 0.550. The Morgan fingerprint density at radius 1 is 1.16 bits per heavy atom. The summed E-state index contributed by atoms with van der Waals surface area (Å²) in [6.07, 6.45) is 5.51. The van der Waals surface area contributed by atoms with E-state index in [0.717, 1.165) is 54.2 Å². The fourth-order valence-corrected chi connectivity index (χ4v) is 3.92. The molecular weight excluding hydrogens is 416 g/mol. The summed E-state index contributed by atoms with van der Waals surface area (Å²) in [4.78, 5) is 28.5. The maximum atomic E-state index is 12.4. The van der Waals surface area contributed by atoms with Gasteiger partial charge < -0.3 is 24.8 Å². The normalized spacial score (nSPS) is 17.0. The smallest absolute Gasteiger partial charge is 0.222 e. The zero-order chi connectivity index (χ0) is 21.8. The SMILES string of the molecule is CN1CCCN(C)C(=O)CCCOc2cc(ccc2Cl)Nc2ncnc3[nH]cc(c23)C1. The van der Waals surface area contributed by atoms with Gasteiger partial charge in [0.25, 0.3) is 0 Å². The van der Waals surface area contributed by atoms with E-state index >= 15 is 0 Å². The molecule has 0 fully saturated rings. The molecule has 3 aromatic rings. The largest absolute Gasteiger partial charge is 0.492 e. The standard InChI is InChI=1S/C22H27ClN6O2/c1-28-8-4-9-29(2)19(30)5-3-10-31-18-11-16(6-7-17(18)23)27-22-20-15(13-28)12-24-21(20)25-14-26-22/h6-7,11-12,14H,3-5,8-10,13H2,1-2H3,(H2,24,25,26,27). The van der Waals surface area contributed by atoms with E-state index in [1.807, 2.05) is 25.4 Å². The van der Waals surface area contributed by atoms with Crippen LogP contribution in [-0.2, 0) is 11.3 Å². The van der Waals surface area contributed by atoms with Gasteiger partial charge in [-0.15, -0.1) is 0 Å². The van der Waals surface area contributed by atoms with Crippen molar-refractivity contribution in [3.05, 3.63) is 41.3 Å². The van der Waals surface area contributed by atoms with E-state index in [-0.39, 0.29) is 5.91 Å². The van der Waals surface area contributed by atoms with Crippen LogP contribution in [-0.4, -0.2) is 64.5 Å². The van der Waals surface area contributed by atoms with Crippen molar-refractivity contribution in [1.29, 1.82) is 0 Å². The lowest BCUT2D eigenvalue weighted by atomic mass is 10.2. The number of rotatable bonds is 0. The maximum Gasteiger partial charge on any atom is 0.222 e. The second kappa shape index (κ2) is 9.53. The Kier molecular flexibility index (Phi) is 6.58. The van der Waals surface area contributed by atoms with Crippen LogP contribution in [0.4, 0.5) is 11.5 Å². The maximum absolute atomic E-state index is 12.4. The highest BCUT2D eigenvalue weighted by Gasteiger charge is 2.15. The van der Waals surface area contributed by atoms with E-state index < -0.39 is 0 Å². The number of nitrogens with one attached hydrogen (secondary N) is 2. The molecule has 9 heteroatoms. The zero-order valence-electron chi connectivity index (χ0n) is 17.8. The molecule has 0 radical (unpaired) electrons. The van der Waals surface area contributed by atoms with Crippen LogP contribution in [0.5, 0.6) is 5.75 Å². The Bertz CT molecular complexity index is 1070. The number of hydrogen-bond acceptors (Lipinski definition) is 6. The van der Waals surface area contributed by atoms with Crippen LogP contribution in [0.3, 0.4) is 0 Å². The summed E-state index contributed by atoms with van der Waals surface area (Å²) in [5.41, 5.74) is 2.71. The summed E-state index contributed by atoms with van der Waals surface area (Å²) in [7, 11) is 3.94. The highest BCUT2D eigenvalue weighted by molar-refractivity contribution is 6.32. The molecule has 0 unspecified atom stereocenters. The summed E-state index contributed by atoms with van der Waals surface area (Å²) in [5, 5.41) is 4.87. The zero-order valence-corrected chi connectivity index (χ0v) is 18.6. The molecule has 0 saturated heterocycles. The highest BCUT2D eigenvalue weighted by Crippen LogP contribution is 2.32. The number of carbonyl (C=O) groups is 1. The second-order valence-corrected chi connectivity index (χ2v) is 8.30. The number of anilines is 2. The van der Waals surface area contributed by atoms with Crippen molar-refractivity contribution in [3.63, 3.8) is 0 Å². The fraction of sp³-hybridized carbons (Fsp3) is 0.409. The molecule has 31 heavy (non-hydrogen) atoms. The summed E-state index contributed by atoms with van der Waals surface area (Å²) in [6.45, 7) is 2.77. The van der Waals surface area contributed by atoms with E-state index in [1.54, 1.807) is 17.3 Å². The Balaban J connectivity index is 1.66. The molecule has 4 rings (SSSR count). The van der Waals surface area contributed by atoms with E-state index in [0.29, 0.717) is 30.2 Å². The first-order valence-electron chi connectivity index (χ1n) is 10.4. The minimum Gasteiger partial charge on any atom is -0.492 e. The summed E-state index contributed by atoms with van der Waals surface area (Å²) < 4.78 is 5.86. The molecule has 2 bridgehead atoms. The Labute approximate surface area is 186 Å². The monoisotopic (exact) mass is 442 g/mol. The third-order valence-electron chi connectivity index (χ3n) is 5.44. The fourth-order valence-electron chi connectivity index (χ4n) is 3.74. The van der Waals surface area contributed by atoms with Gasteiger partial charge in [0.2, 0.25) is 5.91 Å². The third kappa shape index (κ3) is 5.08. The Hall–Kier alpha value is -2.84. The van der Waals surface area contributed by atoms with Crippen LogP contribution in [0.15, 0.2) is 30.7 Å². The van der Waals surface area contributed by atoms with Crippen LogP contribution >= 0.6 is 11.6 Å². The van der Waals surface area contributed by atoms with Crippen molar-refractivity contribution >= 4 is 40.0 Å². The van der Waals surface area contributed by atoms with Gasteiger partial charge in [-0.3, -0.25) is 4.79 Å². The average Bonchev–Trinajstić information content (AvgIpc) is 3.16. The molecule has 8 nitrogen and oxygen atoms in total. The van der Waals surface area contributed by atoms with Crippen molar-refractivity contribution in [1.82, 2.24) is 24.8 Å². The number of halogens is 1. The first kappa shape index (κ1) is 21.4. The van der Waals surface area contributed by atoms with Crippen molar-refractivity contribution in [2.24, 2.45) is 0 Å². The molecule has 0 saturated carbocycles. The van der Waals surface area contributed by atoms with E-state index in [9.17, 15) is 4.79 Å². The topological polar surface area (TPSA) is 86.4 Å². The molecule has 2 aromatic heterocycles. The van der Waals surface area contributed by atoms with Crippen LogP contribution in [0.25, 0.3) is 11.0 Å². The second-order valence-electron chi connectivity index (χ2n) is 7.89. The minimum absolute atomic E-state index is 0.132. The minimum atomic E-state index is 0.132. The van der Waals surface area contributed by atoms with E-state index in [2.05, 4.69) is 32.2 Å². The van der Waals surface area contributed by atoms with Gasteiger partial charge in [0, 0.05) is 44.5 Å². The predicted octanol–water partition coefficient (Wildman–Crippen LogP) is 3.81. The number of benzene rings is 1. The molecule has 0 spiro atoms. The first-order valence-corrected chi connectivity index (χ1v) is 10.8. The van der Waals surface area contributed by atoms with Gasteiger partial charge in [-0.25, -0.2) is 9.97 Å². The van der Waals surface area contributed by atoms with Gasteiger partial charge >= 0.3 is 0 Å². The van der Waals surface area contributed by atoms with Crippen molar-refractivity contribution in [2.75, 3.05) is 39.1 Å². The number of aromatic amines is 1. The molecule has 1 aromatic carbocycles. The molecule has 1 amide bonds. The van der Waals surface area contributed by atoms with Gasteiger partial charge in [-0.05, 0) is 44.1 Å². The lowest BCUT2D eigenvalue weighted by molar-refractivity contribution is -0.130. The number of hydrogen-bond donors (Lipinski definition) is 2. The Morgan fingerprint density at radius 2 is 2.03 bits per heavy atom. The summed E-state index contributed by atoms with van der Waals surface area (Å²) in [6, 6.07) is 5.53. The number of H-pyrrole nitrogens is 1. The summed E-state index contributed by atoms with van der Waals surface area (Å²) >= 11 is 6.32. The average molecular weight is 443 g/mol. The van der Waals surface area contributed by atoms with Crippen LogP contribution in [0.1, 0.15) is 24.8 Å². The van der Waals surface area contributed by atoms with Crippen molar-refractivity contribution < 1.29 is 9.53 Å². The first-order chi connectivity index (χ1) is 15.0. The van der Waals surface area contributed by atoms with Crippen LogP contribution in [0.2, 0.25) is 5.02 Å². The lowest BCUT2D eigenvalue weighted by Gasteiger charge is -2.21. The number of nitrogens with zero attached hydrogens (tertiary/aromatic N) is 4. The number of aromatic nitrogens is 3. The molecular formula is C22H27ClN6O2. The van der Waals surface area contributed by atoms with Gasteiger partial charge in [0.15, 0.2) is 0 Å². The molecule has 164 valence electrons. The van der Waals surface area contributed by atoms with E-state index in [4.69, 9.17) is 16.3 Å². The Morgan fingerprint density at radius 3 is 2.90 bits per heavy atom. The molecule has 3 heterocycles. The molecule has 1 aliphatic heterocycles. The lowest BCUT2D eigenvalue weighted by Crippen LogP contribution is -2.30. The molecule has 0 atom stereocenters. The van der Waals surface area contributed by atoms with Crippen LogP contribution in [0, 0.1) is 0 Å². The number of ether oxygens (including phenoxy) is 1. The molecule has 2 N–H and O–H groups in total. The highest BCUT2D eigenvalue weighted by atomic mass is 35.5. The van der Waals surface area contributed by atoms with Crippen molar-refractivity contribution in [3.8, 4) is 5.75 Å². The predicted molar refractivity (Wildman–Crippen MR) is 122 cm³/mol. The van der Waals surface area contributed by atoms with Crippen LogP contribution < -0.4 is 10.1 Å². The van der Waals surface area contributed by atoms with E-state index in [1.165, 1.54) is 0 Å². The third-order valence-corrected chi connectivity index (χ3v) is 5.75. The number of amides is 1. The molecule has 1 aliphatic rings.